The third-order valence-electron chi connectivity index (χ3n) is 4.83. The van der Waals surface area contributed by atoms with Crippen molar-refractivity contribution in [3.63, 3.8) is 0 Å². The summed E-state index contributed by atoms with van der Waals surface area (Å²) in [5.41, 5.74) is 2.87. The molecule has 0 unspecified atom stereocenters. The Morgan fingerprint density at radius 3 is 2.07 bits per heavy atom. The smallest absolute Gasteiger partial charge is 0.267 e. The molecule has 1 saturated heterocycles. The molecule has 0 spiro atoms. The highest BCUT2D eigenvalue weighted by Gasteiger charge is 2.42. The minimum Gasteiger partial charge on any atom is -0.457 e. The number of rotatable bonds is 2. The zero-order chi connectivity index (χ0) is 19.1. The first-order chi connectivity index (χ1) is 13.7. The average molecular weight is 402 g/mol. The number of ether oxygens (including phenoxy) is 1. The van der Waals surface area contributed by atoms with Gasteiger partial charge in [-0.05, 0) is 23.8 Å². The number of nitrogens with zero attached hydrogens (tertiary/aromatic N) is 1. The summed E-state index contributed by atoms with van der Waals surface area (Å²) >= 11 is 6.98. The molecule has 0 saturated carbocycles. The number of benzene rings is 3. The van der Waals surface area contributed by atoms with Gasteiger partial charge in [-0.1, -0.05) is 90.7 Å². The van der Waals surface area contributed by atoms with Gasteiger partial charge < -0.3 is 4.74 Å². The summed E-state index contributed by atoms with van der Waals surface area (Å²) in [7, 11) is 0. The van der Waals surface area contributed by atoms with E-state index in [2.05, 4.69) is 0 Å². The molecule has 2 heterocycles. The molecule has 0 aromatic heterocycles. The van der Waals surface area contributed by atoms with Crippen LogP contribution in [0.3, 0.4) is 0 Å². The minimum absolute atomic E-state index is 0.0737. The van der Waals surface area contributed by atoms with Gasteiger partial charge in [0.15, 0.2) is 0 Å². The van der Waals surface area contributed by atoms with E-state index in [1.807, 2.05) is 84.9 Å². The van der Waals surface area contributed by atoms with Crippen molar-refractivity contribution in [1.29, 1.82) is 0 Å². The van der Waals surface area contributed by atoms with E-state index in [0.717, 1.165) is 28.2 Å². The fourth-order valence-corrected chi connectivity index (χ4v) is 4.88. The van der Waals surface area contributed by atoms with Gasteiger partial charge in [-0.2, -0.15) is 0 Å². The molecule has 5 heteroatoms. The van der Waals surface area contributed by atoms with Crippen molar-refractivity contribution in [2.24, 2.45) is 0 Å². The van der Waals surface area contributed by atoms with Gasteiger partial charge in [0, 0.05) is 11.1 Å². The number of carbonyl (C=O) groups is 1. The lowest BCUT2D eigenvalue weighted by Crippen LogP contribution is -2.34. The lowest BCUT2D eigenvalue weighted by atomic mass is 9.93. The molecule has 0 radical (unpaired) electrons. The number of thioether (sulfide) groups is 1. The zero-order valence-corrected chi connectivity index (χ0v) is 16.4. The summed E-state index contributed by atoms with van der Waals surface area (Å²) in [6, 6.07) is 25.2. The Morgan fingerprint density at radius 1 is 0.857 bits per heavy atom. The summed E-state index contributed by atoms with van der Waals surface area (Å²) in [5.74, 6) is 1.44. The summed E-state index contributed by atoms with van der Waals surface area (Å²) < 4.78 is 6.62. The van der Waals surface area contributed by atoms with Crippen LogP contribution in [0.5, 0.6) is 11.5 Å². The van der Waals surface area contributed by atoms with Crippen LogP contribution in [-0.4, -0.2) is 15.1 Å². The van der Waals surface area contributed by atoms with Crippen LogP contribution in [0.2, 0.25) is 0 Å². The summed E-state index contributed by atoms with van der Waals surface area (Å²) in [5, 5.41) is 0. The third-order valence-corrected chi connectivity index (χ3v) is 6.16. The molecule has 3 nitrogen and oxygen atoms in total. The van der Waals surface area contributed by atoms with E-state index in [-0.39, 0.29) is 11.9 Å². The van der Waals surface area contributed by atoms with E-state index in [0.29, 0.717) is 9.23 Å². The first-order valence-corrected chi connectivity index (χ1v) is 10.1. The van der Waals surface area contributed by atoms with E-state index in [1.54, 1.807) is 4.90 Å². The number of thiocarbonyl (C=S) groups is 1. The molecule has 136 valence electrons. The van der Waals surface area contributed by atoms with E-state index >= 15 is 0 Å². The molecule has 5 rings (SSSR count). The fraction of sp³-hybridized carbons (Fsp3) is 0.0435. The number of para-hydroxylation sites is 2. The first kappa shape index (κ1) is 17.2. The second-order valence-corrected chi connectivity index (χ2v) is 8.22. The second kappa shape index (κ2) is 6.93. The SMILES string of the molecule is O=C1/C(=C\c2ccccc2)SC(=S)N1C1c2ccccc2Oc2ccccc21. The predicted molar refractivity (Wildman–Crippen MR) is 116 cm³/mol. The van der Waals surface area contributed by atoms with Crippen molar-refractivity contribution in [2.45, 2.75) is 6.04 Å². The lowest BCUT2D eigenvalue weighted by molar-refractivity contribution is -0.123. The van der Waals surface area contributed by atoms with Crippen molar-refractivity contribution in [1.82, 2.24) is 4.90 Å². The summed E-state index contributed by atoms with van der Waals surface area (Å²) in [4.78, 5) is 15.7. The van der Waals surface area contributed by atoms with Crippen molar-refractivity contribution < 1.29 is 9.53 Å². The normalized spacial score (nSPS) is 17.4. The van der Waals surface area contributed by atoms with Crippen LogP contribution >= 0.6 is 24.0 Å². The Kier molecular flexibility index (Phi) is 4.26. The van der Waals surface area contributed by atoms with Crippen LogP contribution in [0, 0.1) is 0 Å². The molecule has 2 aliphatic heterocycles. The summed E-state index contributed by atoms with van der Waals surface area (Å²) in [6.07, 6.45) is 1.90. The maximum absolute atomic E-state index is 13.3. The molecule has 0 atom stereocenters. The highest BCUT2D eigenvalue weighted by atomic mass is 32.2. The molecule has 0 aliphatic carbocycles. The Labute approximate surface area is 172 Å². The van der Waals surface area contributed by atoms with E-state index < -0.39 is 0 Å². The van der Waals surface area contributed by atoms with Gasteiger partial charge in [0.1, 0.15) is 15.8 Å². The van der Waals surface area contributed by atoms with Crippen LogP contribution in [0.25, 0.3) is 6.08 Å². The molecule has 3 aromatic rings. The van der Waals surface area contributed by atoms with Crippen LogP contribution in [-0.2, 0) is 4.79 Å². The van der Waals surface area contributed by atoms with Gasteiger partial charge in [0.05, 0.1) is 10.9 Å². The standard InChI is InChI=1S/C23H15NO2S2/c25-22-20(14-15-8-2-1-3-9-15)28-23(27)24(22)21-16-10-4-6-12-18(16)26-19-13-7-5-11-17(19)21/h1-14,21H/b20-14+. The molecule has 1 amide bonds. The Morgan fingerprint density at radius 2 is 1.43 bits per heavy atom. The topological polar surface area (TPSA) is 29.5 Å². The number of carbonyl (C=O) groups excluding carboxylic acids is 1. The second-order valence-electron chi connectivity index (χ2n) is 6.54. The average Bonchev–Trinajstić information content (AvgIpc) is 3.00. The largest absolute Gasteiger partial charge is 0.457 e. The Hall–Kier alpha value is -2.89. The van der Waals surface area contributed by atoms with E-state index in [4.69, 9.17) is 17.0 Å². The van der Waals surface area contributed by atoms with Gasteiger partial charge in [-0.25, -0.2) is 0 Å². The third kappa shape index (κ3) is 2.84. The quantitative estimate of drug-likeness (QED) is 0.402. The van der Waals surface area contributed by atoms with Crippen molar-refractivity contribution in [2.75, 3.05) is 0 Å². The van der Waals surface area contributed by atoms with Gasteiger partial charge >= 0.3 is 0 Å². The van der Waals surface area contributed by atoms with Gasteiger partial charge in [0.2, 0.25) is 0 Å². The molecule has 0 bridgehead atoms. The maximum atomic E-state index is 13.3. The molecular weight excluding hydrogens is 386 g/mol. The molecule has 2 aliphatic rings. The van der Waals surface area contributed by atoms with Crippen molar-refractivity contribution >= 4 is 40.3 Å². The Balaban J connectivity index is 1.61. The first-order valence-electron chi connectivity index (χ1n) is 8.90. The Bertz CT molecular complexity index is 1080. The number of hydrogen-bond donors (Lipinski definition) is 0. The van der Waals surface area contributed by atoms with Crippen LogP contribution in [0.15, 0.2) is 83.8 Å². The van der Waals surface area contributed by atoms with Gasteiger partial charge in [0.25, 0.3) is 5.91 Å². The highest BCUT2D eigenvalue weighted by molar-refractivity contribution is 8.26. The molecule has 3 aromatic carbocycles. The van der Waals surface area contributed by atoms with Crippen molar-refractivity contribution in [3.05, 3.63) is 100 Å². The number of fused-ring (bicyclic) bond motifs is 2. The van der Waals surface area contributed by atoms with Gasteiger partial charge in [-0.3, -0.25) is 9.69 Å². The molecule has 28 heavy (non-hydrogen) atoms. The van der Waals surface area contributed by atoms with Crippen LogP contribution < -0.4 is 4.74 Å². The minimum atomic E-state index is -0.296. The summed E-state index contributed by atoms with van der Waals surface area (Å²) in [6.45, 7) is 0. The molecule has 1 fully saturated rings. The van der Waals surface area contributed by atoms with Crippen LogP contribution in [0.1, 0.15) is 22.7 Å². The number of hydrogen-bond acceptors (Lipinski definition) is 4. The highest BCUT2D eigenvalue weighted by Crippen LogP contribution is 2.49. The number of amides is 1. The lowest BCUT2D eigenvalue weighted by Gasteiger charge is -2.33. The van der Waals surface area contributed by atoms with Crippen LogP contribution in [0.4, 0.5) is 0 Å². The molecular formula is C23H15NO2S2. The predicted octanol–water partition coefficient (Wildman–Crippen LogP) is 5.78. The maximum Gasteiger partial charge on any atom is 0.267 e. The van der Waals surface area contributed by atoms with E-state index in [9.17, 15) is 4.79 Å². The van der Waals surface area contributed by atoms with Crippen molar-refractivity contribution in [3.8, 4) is 11.5 Å². The molecule has 0 N–H and O–H groups in total. The monoisotopic (exact) mass is 401 g/mol. The van der Waals surface area contributed by atoms with Gasteiger partial charge in [-0.15, -0.1) is 0 Å². The fourth-order valence-electron chi connectivity index (χ4n) is 3.57. The van der Waals surface area contributed by atoms with E-state index in [1.165, 1.54) is 11.8 Å². The zero-order valence-electron chi connectivity index (χ0n) is 14.7.